The third-order valence-electron chi connectivity index (χ3n) is 3.36. The Balaban J connectivity index is 1.99. The number of carbonyl (C=O) groups is 3. The number of rotatable bonds is 4. The van der Waals surface area contributed by atoms with Crippen molar-refractivity contribution < 1.29 is 14.4 Å². The Morgan fingerprint density at radius 1 is 1.30 bits per heavy atom. The lowest BCUT2D eigenvalue weighted by molar-refractivity contribution is -0.151. The highest BCUT2D eigenvalue weighted by Gasteiger charge is 2.34. The number of likely N-dealkylation sites (tertiary alicyclic amines) is 1. The maximum atomic E-state index is 12.2. The monoisotopic (exact) mass is 274 g/mol. The summed E-state index contributed by atoms with van der Waals surface area (Å²) in [6.07, 6.45) is 1.32. The maximum absolute atomic E-state index is 12.2. The van der Waals surface area contributed by atoms with E-state index in [9.17, 15) is 14.4 Å². The lowest BCUT2D eigenvalue weighted by Gasteiger charge is -2.30. The van der Waals surface area contributed by atoms with E-state index in [1.807, 2.05) is 30.3 Å². The lowest BCUT2D eigenvalue weighted by Crippen LogP contribution is -2.54. The highest BCUT2D eigenvalue weighted by molar-refractivity contribution is 6.01. The van der Waals surface area contributed by atoms with Crippen molar-refractivity contribution >= 4 is 17.7 Å². The minimum atomic E-state index is -0.569. The van der Waals surface area contributed by atoms with Gasteiger partial charge in [-0.05, 0) is 18.4 Å². The van der Waals surface area contributed by atoms with Crippen molar-refractivity contribution in [3.8, 4) is 0 Å². The van der Waals surface area contributed by atoms with E-state index >= 15 is 0 Å². The smallest absolute Gasteiger partial charge is 0.251 e. The Kier molecular flexibility index (Phi) is 4.50. The van der Waals surface area contributed by atoms with Gasteiger partial charge in [-0.1, -0.05) is 30.3 Å². The predicted octanol–water partition coefficient (Wildman–Crippen LogP) is 0.883. The van der Waals surface area contributed by atoms with Crippen LogP contribution in [0.5, 0.6) is 0 Å². The molecule has 0 unspecified atom stereocenters. The van der Waals surface area contributed by atoms with E-state index in [0.29, 0.717) is 25.8 Å². The van der Waals surface area contributed by atoms with Gasteiger partial charge in [0, 0.05) is 19.9 Å². The normalized spacial score (nSPS) is 19.1. The van der Waals surface area contributed by atoms with Gasteiger partial charge in [0.2, 0.25) is 11.8 Å². The molecule has 2 rings (SSSR count). The fraction of sp³-hybridized carbons (Fsp3) is 0.400. The van der Waals surface area contributed by atoms with Gasteiger partial charge < -0.3 is 5.32 Å². The van der Waals surface area contributed by atoms with Gasteiger partial charge in [-0.3, -0.25) is 19.3 Å². The summed E-state index contributed by atoms with van der Waals surface area (Å²) in [4.78, 5) is 36.4. The molecule has 1 aromatic carbocycles. The van der Waals surface area contributed by atoms with E-state index in [1.54, 1.807) is 0 Å². The van der Waals surface area contributed by atoms with E-state index in [2.05, 4.69) is 5.32 Å². The van der Waals surface area contributed by atoms with Crippen LogP contribution in [0.4, 0.5) is 0 Å². The minimum Gasteiger partial charge on any atom is -0.345 e. The standard InChI is InChI=1S/C15H18N2O3/c1-11(18)16-13-7-8-14(19)17(15(13)20)10-9-12-5-3-2-4-6-12/h2-6,13H,7-10H2,1H3,(H,16,18)/t13-/m1/s1. The van der Waals surface area contributed by atoms with Crippen molar-refractivity contribution in [2.24, 2.45) is 0 Å². The number of imide groups is 1. The van der Waals surface area contributed by atoms with Crippen molar-refractivity contribution in [1.82, 2.24) is 10.2 Å². The first-order valence-corrected chi connectivity index (χ1v) is 6.73. The van der Waals surface area contributed by atoms with Gasteiger partial charge in [-0.25, -0.2) is 0 Å². The van der Waals surface area contributed by atoms with Crippen LogP contribution in [-0.4, -0.2) is 35.2 Å². The summed E-state index contributed by atoms with van der Waals surface area (Å²) < 4.78 is 0. The van der Waals surface area contributed by atoms with Crippen LogP contribution in [0.3, 0.4) is 0 Å². The fourth-order valence-electron chi connectivity index (χ4n) is 2.34. The van der Waals surface area contributed by atoms with Crippen LogP contribution in [-0.2, 0) is 20.8 Å². The van der Waals surface area contributed by atoms with Crippen molar-refractivity contribution in [1.29, 1.82) is 0 Å². The van der Waals surface area contributed by atoms with E-state index in [-0.39, 0.29) is 17.7 Å². The number of carbonyl (C=O) groups excluding carboxylic acids is 3. The van der Waals surface area contributed by atoms with Gasteiger partial charge in [0.15, 0.2) is 0 Å². The topological polar surface area (TPSA) is 66.5 Å². The highest BCUT2D eigenvalue weighted by atomic mass is 16.2. The number of nitrogens with one attached hydrogen (secondary N) is 1. The Labute approximate surface area is 118 Å². The first kappa shape index (κ1) is 14.2. The summed E-state index contributed by atoms with van der Waals surface area (Å²) in [5.41, 5.74) is 1.08. The molecule has 5 heteroatoms. The molecular formula is C15H18N2O3. The molecular weight excluding hydrogens is 256 g/mol. The molecule has 0 aromatic heterocycles. The first-order valence-electron chi connectivity index (χ1n) is 6.73. The summed E-state index contributed by atoms with van der Waals surface area (Å²) in [5.74, 6) is -0.708. The molecule has 1 aromatic rings. The molecule has 106 valence electrons. The van der Waals surface area contributed by atoms with Gasteiger partial charge >= 0.3 is 0 Å². The zero-order valence-corrected chi connectivity index (χ0v) is 11.5. The highest BCUT2D eigenvalue weighted by Crippen LogP contribution is 2.14. The van der Waals surface area contributed by atoms with E-state index in [1.165, 1.54) is 11.8 Å². The molecule has 1 saturated heterocycles. The number of hydrogen-bond acceptors (Lipinski definition) is 3. The van der Waals surface area contributed by atoms with Crippen molar-refractivity contribution in [2.45, 2.75) is 32.2 Å². The zero-order chi connectivity index (χ0) is 14.5. The van der Waals surface area contributed by atoms with Crippen molar-refractivity contribution in [3.05, 3.63) is 35.9 Å². The molecule has 0 saturated carbocycles. The number of nitrogens with zero attached hydrogens (tertiary/aromatic N) is 1. The quantitative estimate of drug-likeness (QED) is 0.829. The number of hydrogen-bond donors (Lipinski definition) is 1. The molecule has 0 aliphatic carbocycles. The lowest BCUT2D eigenvalue weighted by atomic mass is 10.0. The molecule has 1 aliphatic rings. The maximum Gasteiger partial charge on any atom is 0.251 e. The van der Waals surface area contributed by atoms with Gasteiger partial charge in [0.1, 0.15) is 6.04 Å². The molecule has 5 nitrogen and oxygen atoms in total. The van der Waals surface area contributed by atoms with E-state index in [4.69, 9.17) is 0 Å². The van der Waals surface area contributed by atoms with Gasteiger partial charge in [-0.15, -0.1) is 0 Å². The number of amides is 3. The Morgan fingerprint density at radius 3 is 2.65 bits per heavy atom. The number of benzene rings is 1. The van der Waals surface area contributed by atoms with E-state index < -0.39 is 6.04 Å². The summed E-state index contributed by atoms with van der Waals surface area (Å²) in [7, 11) is 0. The van der Waals surface area contributed by atoms with Crippen LogP contribution in [0.2, 0.25) is 0 Å². The fourth-order valence-corrected chi connectivity index (χ4v) is 2.34. The molecule has 0 radical (unpaired) electrons. The van der Waals surface area contributed by atoms with Crippen LogP contribution in [0.15, 0.2) is 30.3 Å². The average Bonchev–Trinajstić information content (AvgIpc) is 2.43. The summed E-state index contributed by atoms with van der Waals surface area (Å²) in [6.45, 7) is 1.73. The average molecular weight is 274 g/mol. The summed E-state index contributed by atoms with van der Waals surface area (Å²) in [6, 6.07) is 9.13. The van der Waals surface area contributed by atoms with Crippen molar-refractivity contribution in [2.75, 3.05) is 6.54 Å². The zero-order valence-electron chi connectivity index (χ0n) is 11.5. The second kappa shape index (κ2) is 6.32. The molecule has 0 bridgehead atoms. The van der Waals surface area contributed by atoms with Crippen LogP contribution in [0, 0.1) is 0 Å². The minimum absolute atomic E-state index is 0.160. The second-order valence-electron chi connectivity index (χ2n) is 4.91. The Hall–Kier alpha value is -2.17. The third-order valence-corrected chi connectivity index (χ3v) is 3.36. The Bertz CT molecular complexity index is 513. The molecule has 1 atom stereocenters. The van der Waals surface area contributed by atoms with Crippen LogP contribution in [0.1, 0.15) is 25.3 Å². The Morgan fingerprint density at radius 2 is 2.00 bits per heavy atom. The molecule has 1 N–H and O–H groups in total. The molecule has 1 fully saturated rings. The summed E-state index contributed by atoms with van der Waals surface area (Å²) in [5, 5.41) is 2.60. The van der Waals surface area contributed by atoms with Crippen LogP contribution in [0.25, 0.3) is 0 Å². The van der Waals surface area contributed by atoms with Gasteiger partial charge in [0.05, 0.1) is 0 Å². The van der Waals surface area contributed by atoms with E-state index in [0.717, 1.165) is 5.56 Å². The third kappa shape index (κ3) is 3.44. The summed E-state index contributed by atoms with van der Waals surface area (Å²) >= 11 is 0. The molecule has 0 spiro atoms. The predicted molar refractivity (Wildman–Crippen MR) is 73.7 cm³/mol. The molecule has 1 heterocycles. The largest absolute Gasteiger partial charge is 0.345 e. The molecule has 3 amide bonds. The van der Waals surface area contributed by atoms with Gasteiger partial charge in [-0.2, -0.15) is 0 Å². The van der Waals surface area contributed by atoms with Crippen LogP contribution >= 0.6 is 0 Å². The molecule has 1 aliphatic heterocycles. The van der Waals surface area contributed by atoms with Crippen LogP contribution < -0.4 is 5.32 Å². The molecule has 20 heavy (non-hydrogen) atoms. The second-order valence-corrected chi connectivity index (χ2v) is 4.91. The SMILES string of the molecule is CC(=O)N[C@@H]1CCC(=O)N(CCc2ccccc2)C1=O. The first-order chi connectivity index (χ1) is 9.58. The number of piperidine rings is 1. The van der Waals surface area contributed by atoms with Gasteiger partial charge in [0.25, 0.3) is 5.91 Å². The van der Waals surface area contributed by atoms with Crippen molar-refractivity contribution in [3.63, 3.8) is 0 Å².